The Hall–Kier alpha value is -1.40. The van der Waals surface area contributed by atoms with Gasteiger partial charge in [-0.3, -0.25) is 5.43 Å². The molecule has 0 aromatic heterocycles. The quantitative estimate of drug-likeness (QED) is 0.345. The van der Waals surface area contributed by atoms with E-state index in [2.05, 4.69) is 38.4 Å². The summed E-state index contributed by atoms with van der Waals surface area (Å²) in [4.78, 5) is 0. The molecule has 0 radical (unpaired) electrons. The van der Waals surface area contributed by atoms with Gasteiger partial charge in [-0.2, -0.15) is 5.10 Å². The fourth-order valence-electron chi connectivity index (χ4n) is 0.973. The van der Waals surface area contributed by atoms with Crippen LogP contribution in [0, 0.1) is 0 Å². The fraction of sp³-hybridized carbons (Fsp3) is 0.0909. The molecule has 6 heteroatoms. The topological polar surface area (TPSA) is 56.7 Å². The van der Waals surface area contributed by atoms with Crippen LogP contribution < -0.4 is 10.7 Å². The third-order valence-corrected chi connectivity index (χ3v) is 2.63. The van der Waals surface area contributed by atoms with Gasteiger partial charge in [0.05, 0.1) is 10.7 Å². The third kappa shape index (κ3) is 4.97. The molecule has 4 nitrogen and oxygen atoms in total. The Morgan fingerprint density at radius 3 is 3.00 bits per heavy atom. The standard InChI is InChI=1S/C11H12BrN3OS/c1-2-5-13-11(17)15-14-7-8-3-4-10(16)9(12)6-8/h2-4,6-7,16H,1,5H2,(H2,13,15,17)/b14-7+. The minimum Gasteiger partial charge on any atom is -0.507 e. The molecule has 0 aliphatic carbocycles. The van der Waals surface area contributed by atoms with Crippen LogP contribution in [-0.4, -0.2) is 23.0 Å². The molecule has 17 heavy (non-hydrogen) atoms. The predicted molar refractivity (Wildman–Crippen MR) is 77.3 cm³/mol. The average molecular weight is 314 g/mol. The lowest BCUT2D eigenvalue weighted by molar-refractivity contribution is 0.472. The van der Waals surface area contributed by atoms with Crippen molar-refractivity contribution in [2.24, 2.45) is 5.10 Å². The van der Waals surface area contributed by atoms with E-state index in [0.717, 1.165) is 5.56 Å². The number of phenols is 1. The van der Waals surface area contributed by atoms with E-state index in [9.17, 15) is 5.11 Å². The molecule has 1 aromatic rings. The normalized spacial score (nSPS) is 10.2. The number of thiocarbonyl (C=S) groups is 1. The van der Waals surface area contributed by atoms with Gasteiger partial charge >= 0.3 is 0 Å². The van der Waals surface area contributed by atoms with E-state index in [1.165, 1.54) is 0 Å². The summed E-state index contributed by atoms with van der Waals surface area (Å²) in [5.41, 5.74) is 3.51. The molecular formula is C11H12BrN3OS. The first kappa shape index (κ1) is 13.7. The Morgan fingerprint density at radius 2 is 2.35 bits per heavy atom. The predicted octanol–water partition coefficient (Wildman–Crippen LogP) is 2.14. The molecule has 0 spiro atoms. The van der Waals surface area contributed by atoms with Crippen LogP contribution in [0.5, 0.6) is 5.75 Å². The van der Waals surface area contributed by atoms with Crippen molar-refractivity contribution < 1.29 is 5.11 Å². The molecular weight excluding hydrogens is 302 g/mol. The molecule has 90 valence electrons. The molecule has 0 saturated carbocycles. The number of rotatable bonds is 4. The summed E-state index contributed by atoms with van der Waals surface area (Å²) < 4.78 is 0.619. The molecule has 1 aromatic carbocycles. The Labute approximate surface area is 114 Å². The van der Waals surface area contributed by atoms with Gasteiger partial charge in [-0.15, -0.1) is 6.58 Å². The summed E-state index contributed by atoms with van der Waals surface area (Å²) in [6.45, 7) is 4.15. The summed E-state index contributed by atoms with van der Waals surface area (Å²) in [6.07, 6.45) is 3.31. The van der Waals surface area contributed by atoms with Crippen LogP contribution in [0.3, 0.4) is 0 Å². The van der Waals surface area contributed by atoms with E-state index < -0.39 is 0 Å². The lowest BCUT2D eigenvalue weighted by Gasteiger charge is -2.03. The molecule has 3 N–H and O–H groups in total. The van der Waals surface area contributed by atoms with E-state index >= 15 is 0 Å². The maximum Gasteiger partial charge on any atom is 0.187 e. The first-order valence-corrected chi connectivity index (χ1v) is 6.00. The number of nitrogens with one attached hydrogen (secondary N) is 2. The van der Waals surface area contributed by atoms with Crippen LogP contribution in [0.25, 0.3) is 0 Å². The Morgan fingerprint density at radius 1 is 1.59 bits per heavy atom. The maximum absolute atomic E-state index is 9.31. The number of hydrogen-bond donors (Lipinski definition) is 3. The van der Waals surface area contributed by atoms with Gasteiger partial charge in [0.15, 0.2) is 5.11 Å². The SMILES string of the molecule is C=CCNC(=S)N/N=C/c1ccc(O)c(Br)c1. The zero-order valence-corrected chi connectivity index (χ0v) is 11.4. The van der Waals surface area contributed by atoms with Gasteiger partial charge in [0.25, 0.3) is 0 Å². The number of phenolic OH excluding ortho intramolecular Hbond substituents is 1. The lowest BCUT2D eigenvalue weighted by Crippen LogP contribution is -2.31. The van der Waals surface area contributed by atoms with Crippen molar-refractivity contribution in [3.05, 3.63) is 40.9 Å². The van der Waals surface area contributed by atoms with Crippen LogP contribution in [0.1, 0.15) is 5.56 Å². The van der Waals surface area contributed by atoms with Crippen LogP contribution in [0.2, 0.25) is 0 Å². The molecule has 0 unspecified atom stereocenters. The van der Waals surface area contributed by atoms with Crippen molar-refractivity contribution >= 4 is 39.5 Å². The molecule has 0 saturated heterocycles. The van der Waals surface area contributed by atoms with Crippen molar-refractivity contribution in [3.63, 3.8) is 0 Å². The van der Waals surface area contributed by atoms with Crippen molar-refractivity contribution in [2.45, 2.75) is 0 Å². The van der Waals surface area contributed by atoms with Crippen molar-refractivity contribution in [2.75, 3.05) is 6.54 Å². The van der Waals surface area contributed by atoms with Crippen LogP contribution >= 0.6 is 28.1 Å². The summed E-state index contributed by atoms with van der Waals surface area (Å²) in [7, 11) is 0. The Bertz CT molecular complexity index is 448. The minimum absolute atomic E-state index is 0.193. The third-order valence-electron chi connectivity index (χ3n) is 1.76. The van der Waals surface area contributed by atoms with Crippen molar-refractivity contribution in [1.29, 1.82) is 0 Å². The second-order valence-corrected chi connectivity index (χ2v) is 4.34. The molecule has 0 amide bonds. The second kappa shape index (κ2) is 7.03. The smallest absolute Gasteiger partial charge is 0.187 e. The number of hydrogen-bond acceptors (Lipinski definition) is 3. The highest BCUT2D eigenvalue weighted by atomic mass is 79.9. The highest BCUT2D eigenvalue weighted by Crippen LogP contribution is 2.23. The second-order valence-electron chi connectivity index (χ2n) is 3.08. The highest BCUT2D eigenvalue weighted by Gasteiger charge is 1.97. The molecule has 0 heterocycles. The Balaban J connectivity index is 2.50. The summed E-state index contributed by atoms with van der Waals surface area (Å²) >= 11 is 8.17. The van der Waals surface area contributed by atoms with E-state index in [-0.39, 0.29) is 5.75 Å². The average Bonchev–Trinajstić information content (AvgIpc) is 2.31. The largest absolute Gasteiger partial charge is 0.507 e. The van der Waals surface area contributed by atoms with E-state index in [1.807, 2.05) is 0 Å². The summed E-state index contributed by atoms with van der Waals surface area (Å²) in [6, 6.07) is 5.08. The van der Waals surface area contributed by atoms with Gasteiger partial charge in [0.1, 0.15) is 5.75 Å². The lowest BCUT2D eigenvalue weighted by atomic mass is 10.2. The van der Waals surface area contributed by atoms with Crippen molar-refractivity contribution in [3.8, 4) is 5.75 Å². The van der Waals surface area contributed by atoms with E-state index in [1.54, 1.807) is 30.5 Å². The molecule has 1 rings (SSSR count). The van der Waals surface area contributed by atoms with Gasteiger partial charge in [-0.1, -0.05) is 6.08 Å². The summed E-state index contributed by atoms with van der Waals surface area (Å²) in [5, 5.41) is 16.6. The van der Waals surface area contributed by atoms with Crippen LogP contribution in [0.15, 0.2) is 40.4 Å². The first-order chi connectivity index (χ1) is 8.13. The molecule has 0 atom stereocenters. The number of hydrazone groups is 1. The number of benzene rings is 1. The number of aromatic hydroxyl groups is 1. The minimum atomic E-state index is 0.193. The zero-order valence-electron chi connectivity index (χ0n) is 8.98. The van der Waals surface area contributed by atoms with Gasteiger partial charge in [0, 0.05) is 6.54 Å². The number of nitrogens with zero attached hydrogens (tertiary/aromatic N) is 1. The molecule has 0 fully saturated rings. The van der Waals surface area contributed by atoms with Crippen LogP contribution in [-0.2, 0) is 0 Å². The monoisotopic (exact) mass is 313 g/mol. The van der Waals surface area contributed by atoms with Gasteiger partial charge in [-0.25, -0.2) is 0 Å². The van der Waals surface area contributed by atoms with Crippen molar-refractivity contribution in [1.82, 2.24) is 10.7 Å². The molecule has 0 aliphatic heterocycles. The molecule has 0 bridgehead atoms. The van der Waals surface area contributed by atoms with Crippen LogP contribution in [0.4, 0.5) is 0 Å². The van der Waals surface area contributed by atoms with Gasteiger partial charge in [0.2, 0.25) is 0 Å². The van der Waals surface area contributed by atoms with E-state index in [4.69, 9.17) is 12.2 Å². The molecule has 0 aliphatic rings. The summed E-state index contributed by atoms with van der Waals surface area (Å²) in [5.74, 6) is 0.193. The first-order valence-electron chi connectivity index (χ1n) is 4.80. The fourth-order valence-corrected chi connectivity index (χ4v) is 1.51. The Kier molecular flexibility index (Phi) is 5.65. The highest BCUT2D eigenvalue weighted by molar-refractivity contribution is 9.10. The van der Waals surface area contributed by atoms with Gasteiger partial charge in [-0.05, 0) is 51.9 Å². The van der Waals surface area contributed by atoms with Gasteiger partial charge < -0.3 is 10.4 Å². The maximum atomic E-state index is 9.31. The van der Waals surface area contributed by atoms with E-state index in [0.29, 0.717) is 16.1 Å². The number of halogens is 1. The zero-order chi connectivity index (χ0) is 12.7.